The summed E-state index contributed by atoms with van der Waals surface area (Å²) in [6, 6.07) is 8.23. The van der Waals surface area contributed by atoms with Crippen LogP contribution >= 0.6 is 0 Å². The second-order valence-electron chi connectivity index (χ2n) is 5.30. The monoisotopic (exact) mass is 292 g/mol. The van der Waals surface area contributed by atoms with E-state index >= 15 is 0 Å². The molecule has 0 atom stereocenters. The van der Waals surface area contributed by atoms with Crippen molar-refractivity contribution in [3.63, 3.8) is 0 Å². The van der Waals surface area contributed by atoms with Crippen molar-refractivity contribution in [1.82, 2.24) is 9.80 Å². The minimum atomic E-state index is -0.848. The van der Waals surface area contributed by atoms with Crippen molar-refractivity contribution in [1.29, 1.82) is 0 Å². The van der Waals surface area contributed by atoms with Gasteiger partial charge in [-0.3, -0.25) is 14.5 Å². The molecular weight excluding hydrogens is 268 g/mol. The molecule has 0 bridgehead atoms. The Morgan fingerprint density at radius 3 is 2.19 bits per heavy atom. The van der Waals surface area contributed by atoms with Crippen molar-refractivity contribution in [3.05, 3.63) is 35.4 Å². The van der Waals surface area contributed by atoms with Crippen molar-refractivity contribution in [2.24, 2.45) is 0 Å². The molecule has 1 N–H and O–H groups in total. The summed E-state index contributed by atoms with van der Waals surface area (Å²) in [4.78, 5) is 26.0. The van der Waals surface area contributed by atoms with Gasteiger partial charge in [0.25, 0.3) is 0 Å². The van der Waals surface area contributed by atoms with Gasteiger partial charge in [-0.15, -0.1) is 0 Å². The molecule has 0 saturated heterocycles. The van der Waals surface area contributed by atoms with Crippen LogP contribution in [0.5, 0.6) is 0 Å². The first-order valence-corrected chi connectivity index (χ1v) is 7.14. The largest absolute Gasteiger partial charge is 0.481 e. The highest BCUT2D eigenvalue weighted by molar-refractivity contribution is 5.78. The summed E-state index contributed by atoms with van der Waals surface area (Å²) in [6.07, 6.45) is 1.05. The summed E-state index contributed by atoms with van der Waals surface area (Å²) in [6.45, 7) is 3.28. The summed E-state index contributed by atoms with van der Waals surface area (Å²) < 4.78 is 0. The van der Waals surface area contributed by atoms with E-state index < -0.39 is 5.97 Å². The smallest absolute Gasteiger partial charge is 0.304 e. The Hall–Kier alpha value is -1.88. The lowest BCUT2D eigenvalue weighted by Gasteiger charge is -2.21. The zero-order chi connectivity index (χ0) is 15.8. The maximum atomic E-state index is 12.1. The SMILES string of the molecule is CCc1ccc(CN(C)C(=O)CN(C)CCC(=O)O)cc1. The van der Waals surface area contributed by atoms with E-state index in [0.717, 1.165) is 12.0 Å². The minimum absolute atomic E-state index is 0.0116. The highest BCUT2D eigenvalue weighted by atomic mass is 16.4. The fourth-order valence-corrected chi connectivity index (χ4v) is 1.96. The number of likely N-dealkylation sites (N-methyl/N-ethyl adjacent to an activating group) is 2. The van der Waals surface area contributed by atoms with Crippen LogP contribution in [0.15, 0.2) is 24.3 Å². The predicted molar refractivity (Wildman–Crippen MR) is 82.0 cm³/mol. The van der Waals surface area contributed by atoms with Gasteiger partial charge >= 0.3 is 5.97 Å². The van der Waals surface area contributed by atoms with Crippen LogP contribution in [-0.4, -0.2) is 54.0 Å². The molecule has 0 aliphatic rings. The number of carbonyl (C=O) groups excluding carboxylic acids is 1. The molecule has 0 unspecified atom stereocenters. The topological polar surface area (TPSA) is 60.9 Å². The van der Waals surface area contributed by atoms with Gasteiger partial charge in [0, 0.05) is 20.1 Å². The fourth-order valence-electron chi connectivity index (χ4n) is 1.96. The van der Waals surface area contributed by atoms with Gasteiger partial charge < -0.3 is 10.0 Å². The van der Waals surface area contributed by atoms with Crippen LogP contribution in [0.2, 0.25) is 0 Å². The van der Waals surface area contributed by atoms with Crippen molar-refractivity contribution in [2.75, 3.05) is 27.2 Å². The molecule has 21 heavy (non-hydrogen) atoms. The van der Waals surface area contributed by atoms with Crippen LogP contribution in [0, 0.1) is 0 Å². The van der Waals surface area contributed by atoms with Gasteiger partial charge in [-0.1, -0.05) is 31.2 Å². The number of aliphatic carboxylic acids is 1. The predicted octanol–water partition coefficient (Wildman–Crippen LogP) is 1.61. The molecule has 1 amide bonds. The number of aryl methyl sites for hydroxylation is 1. The van der Waals surface area contributed by atoms with Gasteiger partial charge in [-0.25, -0.2) is 0 Å². The number of benzene rings is 1. The van der Waals surface area contributed by atoms with E-state index in [1.807, 2.05) is 12.1 Å². The highest BCUT2D eigenvalue weighted by Gasteiger charge is 2.12. The van der Waals surface area contributed by atoms with Gasteiger partial charge in [0.15, 0.2) is 0 Å². The number of rotatable bonds is 8. The van der Waals surface area contributed by atoms with Gasteiger partial charge in [-0.2, -0.15) is 0 Å². The fraction of sp³-hybridized carbons (Fsp3) is 0.500. The third-order valence-electron chi connectivity index (χ3n) is 3.39. The normalized spacial score (nSPS) is 10.7. The average molecular weight is 292 g/mol. The molecule has 5 nitrogen and oxygen atoms in total. The van der Waals surface area contributed by atoms with E-state index in [1.54, 1.807) is 23.9 Å². The summed E-state index contributed by atoms with van der Waals surface area (Å²) in [5.74, 6) is -0.860. The van der Waals surface area contributed by atoms with Crippen molar-refractivity contribution in [2.45, 2.75) is 26.3 Å². The second-order valence-corrected chi connectivity index (χ2v) is 5.30. The third kappa shape index (κ3) is 6.40. The van der Waals surface area contributed by atoms with Crippen molar-refractivity contribution >= 4 is 11.9 Å². The number of carbonyl (C=O) groups is 2. The molecule has 0 heterocycles. The molecule has 0 fully saturated rings. The summed E-state index contributed by atoms with van der Waals surface area (Å²) in [7, 11) is 3.52. The van der Waals surface area contributed by atoms with Crippen LogP contribution in [0.3, 0.4) is 0 Å². The number of carboxylic acids is 1. The van der Waals surface area contributed by atoms with Crippen molar-refractivity contribution in [3.8, 4) is 0 Å². The molecule has 1 rings (SSSR count). The molecule has 5 heteroatoms. The second kappa shape index (κ2) is 8.42. The Morgan fingerprint density at radius 2 is 1.67 bits per heavy atom. The van der Waals surface area contributed by atoms with E-state index in [2.05, 4.69) is 19.1 Å². The number of hydrogen-bond donors (Lipinski definition) is 1. The Balaban J connectivity index is 2.44. The Morgan fingerprint density at radius 1 is 1.10 bits per heavy atom. The molecule has 0 aliphatic heterocycles. The molecule has 0 aromatic heterocycles. The van der Waals surface area contributed by atoms with Gasteiger partial charge in [0.2, 0.25) is 5.91 Å². The third-order valence-corrected chi connectivity index (χ3v) is 3.39. The Labute approximate surface area is 126 Å². The number of carboxylic acid groups (broad SMARTS) is 1. The standard InChI is InChI=1S/C16H24N2O3/c1-4-13-5-7-14(8-6-13)11-18(3)15(19)12-17(2)10-9-16(20)21/h5-8H,4,9-12H2,1-3H3,(H,20,21). The van der Waals surface area contributed by atoms with Crippen LogP contribution in [0.1, 0.15) is 24.5 Å². The first kappa shape index (κ1) is 17.2. The lowest BCUT2D eigenvalue weighted by atomic mass is 10.1. The Bertz CT molecular complexity index is 471. The maximum absolute atomic E-state index is 12.1. The molecule has 116 valence electrons. The zero-order valence-corrected chi connectivity index (χ0v) is 13.0. The molecular formula is C16H24N2O3. The molecule has 1 aromatic carbocycles. The lowest BCUT2D eigenvalue weighted by Crippen LogP contribution is -2.37. The highest BCUT2D eigenvalue weighted by Crippen LogP contribution is 2.07. The van der Waals surface area contributed by atoms with Crippen LogP contribution in [0.25, 0.3) is 0 Å². The lowest BCUT2D eigenvalue weighted by molar-refractivity contribution is -0.138. The van der Waals surface area contributed by atoms with Gasteiger partial charge in [0.1, 0.15) is 0 Å². The van der Waals surface area contributed by atoms with E-state index in [9.17, 15) is 9.59 Å². The number of nitrogens with zero attached hydrogens (tertiary/aromatic N) is 2. The van der Waals surface area contributed by atoms with Crippen LogP contribution < -0.4 is 0 Å². The summed E-state index contributed by atoms with van der Waals surface area (Å²) in [5, 5.41) is 8.62. The van der Waals surface area contributed by atoms with Crippen molar-refractivity contribution < 1.29 is 14.7 Å². The summed E-state index contributed by atoms with van der Waals surface area (Å²) in [5.41, 5.74) is 2.37. The van der Waals surface area contributed by atoms with E-state index in [0.29, 0.717) is 13.1 Å². The molecule has 0 saturated carbocycles. The molecule has 0 radical (unpaired) electrons. The number of hydrogen-bond acceptors (Lipinski definition) is 3. The Kier molecular flexibility index (Phi) is 6.88. The molecule has 0 spiro atoms. The van der Waals surface area contributed by atoms with E-state index in [1.165, 1.54) is 5.56 Å². The average Bonchev–Trinajstić information content (AvgIpc) is 2.45. The van der Waals surface area contributed by atoms with E-state index in [4.69, 9.17) is 5.11 Å². The first-order valence-electron chi connectivity index (χ1n) is 7.14. The minimum Gasteiger partial charge on any atom is -0.481 e. The maximum Gasteiger partial charge on any atom is 0.304 e. The van der Waals surface area contributed by atoms with Crippen LogP contribution in [0.4, 0.5) is 0 Å². The summed E-state index contributed by atoms with van der Waals surface area (Å²) >= 11 is 0. The van der Waals surface area contributed by atoms with Gasteiger partial charge in [0.05, 0.1) is 13.0 Å². The van der Waals surface area contributed by atoms with Gasteiger partial charge in [-0.05, 0) is 24.6 Å². The quantitative estimate of drug-likeness (QED) is 0.791. The first-order chi connectivity index (χ1) is 9.92. The number of amides is 1. The van der Waals surface area contributed by atoms with E-state index in [-0.39, 0.29) is 18.9 Å². The van der Waals surface area contributed by atoms with Crippen LogP contribution in [-0.2, 0) is 22.6 Å². The molecule has 1 aromatic rings. The zero-order valence-electron chi connectivity index (χ0n) is 13.0. The molecule has 0 aliphatic carbocycles.